The molecule has 1 N–H and O–H groups in total. The number of nitro benzene ring substituents is 1. The van der Waals surface area contributed by atoms with E-state index in [-0.39, 0.29) is 35.2 Å². The maximum atomic E-state index is 12.4. The number of carbonyl (C=O) groups is 2. The Morgan fingerprint density at radius 2 is 1.82 bits per heavy atom. The lowest BCUT2D eigenvalue weighted by molar-refractivity contribution is -0.384. The number of nitrogens with one attached hydrogen (secondary N) is 1. The SMILES string of the molecule is C[C@@H](NC(=O)COC(=O)c1cccc([N+](=O)[O-])c1)C12CC3CC(CC(C3)C1)C2. The highest BCUT2D eigenvalue weighted by Gasteiger charge is 2.53. The highest BCUT2D eigenvalue weighted by atomic mass is 16.6. The second-order valence-electron chi connectivity index (χ2n) is 8.95. The Morgan fingerprint density at radius 1 is 1.21 bits per heavy atom. The molecule has 4 saturated carbocycles. The highest BCUT2D eigenvalue weighted by Crippen LogP contribution is 2.61. The molecule has 0 aliphatic heterocycles. The van der Waals surface area contributed by atoms with Crippen LogP contribution in [-0.2, 0) is 9.53 Å². The third-order valence-electron chi connectivity index (χ3n) is 7.01. The molecule has 4 bridgehead atoms. The molecular weight excluding hydrogens is 360 g/mol. The zero-order chi connectivity index (χ0) is 19.9. The standard InChI is InChI=1S/C21H26N2O5/c1-13(21-9-14-5-15(10-21)7-16(6-14)11-21)22-19(24)12-28-20(25)17-3-2-4-18(8-17)23(26)27/h2-4,8,13-16H,5-7,9-12H2,1H3,(H,22,24)/t13-,14?,15?,16?,21?/m1/s1. The van der Waals surface area contributed by atoms with Crippen LogP contribution in [0.2, 0.25) is 0 Å². The van der Waals surface area contributed by atoms with Gasteiger partial charge in [0.05, 0.1) is 10.5 Å². The van der Waals surface area contributed by atoms with Crippen molar-refractivity contribution in [1.29, 1.82) is 0 Å². The number of amides is 1. The number of hydrogen-bond acceptors (Lipinski definition) is 5. The molecule has 0 unspecified atom stereocenters. The molecular formula is C21H26N2O5. The van der Waals surface area contributed by atoms with Crippen LogP contribution in [0.3, 0.4) is 0 Å². The first-order chi connectivity index (χ1) is 13.3. The van der Waals surface area contributed by atoms with E-state index >= 15 is 0 Å². The minimum absolute atomic E-state index is 0.0601. The first-order valence-electron chi connectivity index (χ1n) is 10.1. The Balaban J connectivity index is 1.32. The summed E-state index contributed by atoms with van der Waals surface area (Å²) >= 11 is 0. The highest BCUT2D eigenvalue weighted by molar-refractivity contribution is 5.91. The Bertz CT molecular complexity index is 770. The van der Waals surface area contributed by atoms with Crippen molar-refractivity contribution in [2.45, 2.75) is 51.5 Å². The lowest BCUT2D eigenvalue weighted by Crippen LogP contribution is -2.56. The number of ether oxygens (including phenoxy) is 1. The van der Waals surface area contributed by atoms with Gasteiger partial charge in [0.15, 0.2) is 6.61 Å². The van der Waals surface area contributed by atoms with Gasteiger partial charge < -0.3 is 10.1 Å². The summed E-state index contributed by atoms with van der Waals surface area (Å²) in [6.45, 7) is 1.70. The summed E-state index contributed by atoms with van der Waals surface area (Å²) in [7, 11) is 0. The molecule has 0 aromatic heterocycles. The zero-order valence-corrected chi connectivity index (χ0v) is 16.1. The van der Waals surface area contributed by atoms with Crippen molar-refractivity contribution in [2.24, 2.45) is 23.2 Å². The van der Waals surface area contributed by atoms with E-state index in [4.69, 9.17) is 4.74 Å². The van der Waals surface area contributed by atoms with Crippen molar-refractivity contribution in [3.8, 4) is 0 Å². The van der Waals surface area contributed by atoms with Crippen molar-refractivity contribution in [3.05, 3.63) is 39.9 Å². The number of non-ortho nitro benzene ring substituents is 1. The summed E-state index contributed by atoms with van der Waals surface area (Å²) in [4.78, 5) is 34.7. The smallest absolute Gasteiger partial charge is 0.338 e. The van der Waals surface area contributed by atoms with E-state index in [9.17, 15) is 19.7 Å². The van der Waals surface area contributed by atoms with Gasteiger partial charge in [0.2, 0.25) is 0 Å². The molecule has 4 fully saturated rings. The van der Waals surface area contributed by atoms with Crippen molar-refractivity contribution < 1.29 is 19.2 Å². The van der Waals surface area contributed by atoms with Crippen LogP contribution in [0.4, 0.5) is 5.69 Å². The Kier molecular flexibility index (Phi) is 4.85. The van der Waals surface area contributed by atoms with Crippen molar-refractivity contribution in [1.82, 2.24) is 5.32 Å². The number of benzene rings is 1. The third-order valence-corrected chi connectivity index (χ3v) is 7.01. The molecule has 0 spiro atoms. The molecule has 1 aromatic carbocycles. The molecule has 1 atom stereocenters. The van der Waals surface area contributed by atoms with Crippen LogP contribution in [0, 0.1) is 33.3 Å². The fraction of sp³-hybridized carbons (Fsp3) is 0.619. The fourth-order valence-electron chi connectivity index (χ4n) is 6.11. The van der Waals surface area contributed by atoms with Gasteiger partial charge in [-0.15, -0.1) is 0 Å². The third kappa shape index (κ3) is 3.62. The molecule has 4 aliphatic carbocycles. The van der Waals surface area contributed by atoms with Crippen molar-refractivity contribution in [3.63, 3.8) is 0 Å². The Morgan fingerprint density at radius 3 is 2.39 bits per heavy atom. The van der Waals surface area contributed by atoms with Gasteiger partial charge in [0, 0.05) is 18.2 Å². The Labute approximate surface area is 164 Å². The van der Waals surface area contributed by atoms with Gasteiger partial charge in [-0.05, 0) is 74.7 Å². The van der Waals surface area contributed by atoms with E-state index in [1.165, 1.54) is 56.7 Å². The number of rotatable bonds is 6. The summed E-state index contributed by atoms with van der Waals surface area (Å²) in [5.41, 5.74) is 0.0690. The number of hydrogen-bond donors (Lipinski definition) is 1. The van der Waals surface area contributed by atoms with E-state index in [0.29, 0.717) is 0 Å². The summed E-state index contributed by atoms with van der Waals surface area (Å²) in [5.74, 6) is 1.36. The van der Waals surface area contributed by atoms with Gasteiger partial charge in [0.1, 0.15) is 0 Å². The van der Waals surface area contributed by atoms with Gasteiger partial charge >= 0.3 is 5.97 Å². The fourth-order valence-corrected chi connectivity index (χ4v) is 6.11. The first-order valence-corrected chi connectivity index (χ1v) is 10.1. The van der Waals surface area contributed by atoms with Crippen LogP contribution in [0.25, 0.3) is 0 Å². The second kappa shape index (κ2) is 7.18. The van der Waals surface area contributed by atoms with E-state index < -0.39 is 10.9 Å². The molecule has 0 radical (unpaired) electrons. The van der Waals surface area contributed by atoms with Crippen molar-refractivity contribution in [2.75, 3.05) is 6.61 Å². The number of esters is 1. The van der Waals surface area contributed by atoms with Gasteiger partial charge in [-0.2, -0.15) is 0 Å². The second-order valence-corrected chi connectivity index (χ2v) is 8.95. The minimum Gasteiger partial charge on any atom is -0.452 e. The monoisotopic (exact) mass is 386 g/mol. The number of nitro groups is 1. The van der Waals surface area contributed by atoms with Gasteiger partial charge in [0.25, 0.3) is 11.6 Å². The van der Waals surface area contributed by atoms with Gasteiger partial charge in [-0.1, -0.05) is 6.07 Å². The van der Waals surface area contributed by atoms with E-state index in [1.807, 2.05) is 0 Å². The van der Waals surface area contributed by atoms with Crippen LogP contribution in [0.5, 0.6) is 0 Å². The zero-order valence-electron chi connectivity index (χ0n) is 16.1. The van der Waals surface area contributed by atoms with E-state index in [0.717, 1.165) is 23.8 Å². The van der Waals surface area contributed by atoms with Crippen LogP contribution in [0.1, 0.15) is 55.8 Å². The van der Waals surface area contributed by atoms with Gasteiger partial charge in [-0.25, -0.2) is 4.79 Å². The molecule has 1 aromatic rings. The van der Waals surface area contributed by atoms with Gasteiger partial charge in [-0.3, -0.25) is 14.9 Å². The molecule has 28 heavy (non-hydrogen) atoms. The topological polar surface area (TPSA) is 98.5 Å². The average Bonchev–Trinajstić information content (AvgIpc) is 2.65. The normalized spacial score (nSPS) is 31.2. The average molecular weight is 386 g/mol. The molecule has 7 nitrogen and oxygen atoms in total. The lowest BCUT2D eigenvalue weighted by atomic mass is 9.48. The summed E-state index contributed by atoms with van der Waals surface area (Å²) in [6.07, 6.45) is 7.61. The van der Waals surface area contributed by atoms with Crippen molar-refractivity contribution >= 4 is 17.6 Å². The lowest BCUT2D eigenvalue weighted by Gasteiger charge is -2.59. The van der Waals surface area contributed by atoms with E-state index in [2.05, 4.69) is 12.2 Å². The predicted molar refractivity (Wildman–Crippen MR) is 102 cm³/mol. The maximum absolute atomic E-state index is 12.4. The van der Waals surface area contributed by atoms with Crippen LogP contribution in [0.15, 0.2) is 24.3 Å². The molecule has 150 valence electrons. The minimum atomic E-state index is -0.735. The largest absolute Gasteiger partial charge is 0.452 e. The Hall–Kier alpha value is -2.44. The molecule has 7 heteroatoms. The molecule has 1 amide bonds. The van der Waals surface area contributed by atoms with Crippen LogP contribution in [-0.4, -0.2) is 29.4 Å². The maximum Gasteiger partial charge on any atom is 0.338 e. The van der Waals surface area contributed by atoms with Crippen LogP contribution >= 0.6 is 0 Å². The summed E-state index contributed by atoms with van der Waals surface area (Å²) in [5, 5.41) is 13.9. The predicted octanol–water partition coefficient (Wildman–Crippen LogP) is 3.47. The molecule has 0 heterocycles. The summed E-state index contributed by atoms with van der Waals surface area (Å²) < 4.78 is 5.07. The summed E-state index contributed by atoms with van der Waals surface area (Å²) in [6, 6.07) is 5.37. The number of carbonyl (C=O) groups excluding carboxylic acids is 2. The molecule has 0 saturated heterocycles. The molecule has 5 rings (SSSR count). The number of nitrogens with zero attached hydrogens (tertiary/aromatic N) is 1. The van der Waals surface area contributed by atoms with E-state index in [1.54, 1.807) is 0 Å². The first kappa shape index (κ1) is 18.9. The van der Waals surface area contributed by atoms with Crippen LogP contribution < -0.4 is 5.32 Å². The molecule has 4 aliphatic rings. The quantitative estimate of drug-likeness (QED) is 0.458.